The van der Waals surface area contributed by atoms with E-state index in [1.807, 2.05) is 31.2 Å². The van der Waals surface area contributed by atoms with Crippen LogP contribution in [-0.2, 0) is 6.54 Å². The minimum Gasteiger partial charge on any atom is -0.406 e. The van der Waals surface area contributed by atoms with Crippen LogP contribution in [-0.4, -0.2) is 6.36 Å². The lowest BCUT2D eigenvalue weighted by Crippen LogP contribution is -2.17. The fourth-order valence-corrected chi connectivity index (χ4v) is 2.02. The van der Waals surface area contributed by atoms with Crippen molar-refractivity contribution in [2.45, 2.75) is 19.8 Å². The molecule has 0 aliphatic rings. The summed E-state index contributed by atoms with van der Waals surface area (Å²) in [4.78, 5) is 0. The number of aryl methyl sites for hydroxylation is 1. The summed E-state index contributed by atoms with van der Waals surface area (Å²) in [5.74, 6) is -0.251. The van der Waals surface area contributed by atoms with Crippen LogP contribution >= 0.6 is 12.4 Å². The third kappa shape index (κ3) is 4.65. The standard InChI is InChI=1S/C15H14F3NO.ClH/c1-10-4-2-3-5-14(10)12-6-11(9-19)7-13(8-12)20-15(16,17)18;/h2-8H,9,19H2,1H3;1H. The Hall–Kier alpha value is -1.72. The molecule has 0 aliphatic carbocycles. The number of hydrogen-bond donors (Lipinski definition) is 1. The van der Waals surface area contributed by atoms with Gasteiger partial charge in [-0.1, -0.05) is 24.3 Å². The van der Waals surface area contributed by atoms with Gasteiger partial charge in [-0.25, -0.2) is 0 Å². The van der Waals surface area contributed by atoms with Crippen LogP contribution in [0.1, 0.15) is 11.1 Å². The molecule has 2 aromatic rings. The van der Waals surface area contributed by atoms with Gasteiger partial charge in [-0.3, -0.25) is 0 Å². The van der Waals surface area contributed by atoms with Gasteiger partial charge in [0.05, 0.1) is 0 Å². The second-order valence-electron chi connectivity index (χ2n) is 4.43. The van der Waals surface area contributed by atoms with E-state index in [4.69, 9.17) is 5.73 Å². The minimum atomic E-state index is -4.71. The van der Waals surface area contributed by atoms with Crippen molar-refractivity contribution >= 4 is 12.4 Å². The summed E-state index contributed by atoms with van der Waals surface area (Å²) in [5.41, 5.74) is 8.60. The Balaban J connectivity index is 0.00000220. The molecule has 0 amide bonds. The zero-order chi connectivity index (χ0) is 14.8. The first kappa shape index (κ1) is 17.3. The number of alkyl halides is 3. The van der Waals surface area contributed by atoms with E-state index in [-0.39, 0.29) is 24.7 Å². The Labute approximate surface area is 127 Å². The van der Waals surface area contributed by atoms with Crippen LogP contribution in [0.15, 0.2) is 42.5 Å². The van der Waals surface area contributed by atoms with Gasteiger partial charge in [0.15, 0.2) is 0 Å². The highest BCUT2D eigenvalue weighted by Gasteiger charge is 2.31. The van der Waals surface area contributed by atoms with Crippen molar-refractivity contribution in [3.63, 3.8) is 0 Å². The van der Waals surface area contributed by atoms with E-state index in [1.165, 1.54) is 12.1 Å². The first-order valence-corrected chi connectivity index (χ1v) is 6.05. The molecule has 0 bridgehead atoms. The molecule has 0 aliphatic heterocycles. The van der Waals surface area contributed by atoms with E-state index in [1.54, 1.807) is 6.07 Å². The molecule has 0 unspecified atom stereocenters. The molecule has 21 heavy (non-hydrogen) atoms. The quantitative estimate of drug-likeness (QED) is 0.908. The van der Waals surface area contributed by atoms with Gasteiger partial charge in [-0.15, -0.1) is 25.6 Å². The fourth-order valence-electron chi connectivity index (χ4n) is 2.02. The topological polar surface area (TPSA) is 35.2 Å². The monoisotopic (exact) mass is 317 g/mol. The molecule has 0 saturated carbocycles. The number of hydrogen-bond acceptors (Lipinski definition) is 2. The van der Waals surface area contributed by atoms with E-state index >= 15 is 0 Å². The molecular formula is C15H15ClF3NO. The van der Waals surface area contributed by atoms with Crippen LogP contribution in [0.2, 0.25) is 0 Å². The van der Waals surface area contributed by atoms with Crippen molar-refractivity contribution in [2.75, 3.05) is 0 Å². The summed E-state index contributed by atoms with van der Waals surface area (Å²) in [6, 6.07) is 11.9. The van der Waals surface area contributed by atoms with E-state index in [0.29, 0.717) is 11.1 Å². The van der Waals surface area contributed by atoms with Crippen molar-refractivity contribution in [3.05, 3.63) is 53.6 Å². The normalized spacial score (nSPS) is 10.9. The molecule has 0 spiro atoms. The van der Waals surface area contributed by atoms with Crippen LogP contribution in [0.3, 0.4) is 0 Å². The Morgan fingerprint density at radius 1 is 1.10 bits per heavy atom. The van der Waals surface area contributed by atoms with Crippen LogP contribution in [0.5, 0.6) is 5.75 Å². The van der Waals surface area contributed by atoms with Crippen molar-refractivity contribution in [1.82, 2.24) is 0 Å². The van der Waals surface area contributed by atoms with Gasteiger partial charge in [-0.05, 0) is 47.4 Å². The Morgan fingerprint density at radius 2 is 1.76 bits per heavy atom. The first-order chi connectivity index (χ1) is 9.39. The molecule has 6 heteroatoms. The Bertz CT molecular complexity index is 614. The third-order valence-corrected chi connectivity index (χ3v) is 2.89. The lowest BCUT2D eigenvalue weighted by atomic mass is 9.98. The zero-order valence-corrected chi connectivity index (χ0v) is 12.1. The second-order valence-corrected chi connectivity index (χ2v) is 4.43. The van der Waals surface area contributed by atoms with E-state index in [0.717, 1.165) is 11.1 Å². The van der Waals surface area contributed by atoms with E-state index < -0.39 is 6.36 Å². The maximum atomic E-state index is 12.3. The molecular weight excluding hydrogens is 303 g/mol. The van der Waals surface area contributed by atoms with Crippen LogP contribution in [0.4, 0.5) is 13.2 Å². The molecule has 114 valence electrons. The van der Waals surface area contributed by atoms with Crippen LogP contribution in [0, 0.1) is 6.92 Å². The predicted octanol–water partition coefficient (Wildman–Crippen LogP) is 4.44. The maximum Gasteiger partial charge on any atom is 0.573 e. The molecule has 0 saturated heterocycles. The van der Waals surface area contributed by atoms with Crippen LogP contribution < -0.4 is 10.5 Å². The maximum absolute atomic E-state index is 12.3. The predicted molar refractivity (Wildman–Crippen MR) is 78.4 cm³/mol. The Morgan fingerprint density at radius 3 is 2.33 bits per heavy atom. The number of benzene rings is 2. The average molecular weight is 318 g/mol. The summed E-state index contributed by atoms with van der Waals surface area (Å²) >= 11 is 0. The van der Waals surface area contributed by atoms with Gasteiger partial charge in [0, 0.05) is 6.54 Å². The van der Waals surface area contributed by atoms with Gasteiger partial charge >= 0.3 is 6.36 Å². The lowest BCUT2D eigenvalue weighted by molar-refractivity contribution is -0.274. The highest BCUT2D eigenvalue weighted by Crippen LogP contribution is 2.31. The molecule has 2 nitrogen and oxygen atoms in total. The van der Waals surface area contributed by atoms with E-state index in [2.05, 4.69) is 4.74 Å². The summed E-state index contributed by atoms with van der Waals surface area (Å²) < 4.78 is 41.0. The number of halogens is 4. The highest BCUT2D eigenvalue weighted by molar-refractivity contribution is 5.85. The molecule has 0 radical (unpaired) electrons. The van der Waals surface area contributed by atoms with Crippen LogP contribution in [0.25, 0.3) is 11.1 Å². The molecule has 0 aromatic heterocycles. The summed E-state index contributed by atoms with van der Waals surface area (Å²) in [7, 11) is 0. The average Bonchev–Trinajstić information content (AvgIpc) is 2.36. The fraction of sp³-hybridized carbons (Fsp3) is 0.200. The molecule has 2 aromatic carbocycles. The number of rotatable bonds is 3. The number of ether oxygens (including phenoxy) is 1. The van der Waals surface area contributed by atoms with Crippen molar-refractivity contribution in [1.29, 1.82) is 0 Å². The second kappa shape index (κ2) is 6.83. The molecule has 2 N–H and O–H groups in total. The third-order valence-electron chi connectivity index (χ3n) is 2.89. The lowest BCUT2D eigenvalue weighted by Gasteiger charge is -2.13. The van der Waals surface area contributed by atoms with E-state index in [9.17, 15) is 13.2 Å². The highest BCUT2D eigenvalue weighted by atomic mass is 35.5. The molecule has 0 heterocycles. The Kier molecular flexibility index (Phi) is 5.63. The SMILES string of the molecule is Cc1ccccc1-c1cc(CN)cc(OC(F)(F)F)c1.Cl. The van der Waals surface area contributed by atoms with Gasteiger partial charge < -0.3 is 10.5 Å². The van der Waals surface area contributed by atoms with Gasteiger partial charge in [0.1, 0.15) is 5.75 Å². The molecule has 0 fully saturated rings. The van der Waals surface area contributed by atoms with Gasteiger partial charge in [0.25, 0.3) is 0 Å². The minimum absolute atomic E-state index is 0. The van der Waals surface area contributed by atoms with Gasteiger partial charge in [-0.2, -0.15) is 0 Å². The smallest absolute Gasteiger partial charge is 0.406 e. The van der Waals surface area contributed by atoms with Crippen molar-refractivity contribution in [3.8, 4) is 16.9 Å². The molecule has 2 rings (SSSR count). The first-order valence-electron chi connectivity index (χ1n) is 6.05. The van der Waals surface area contributed by atoms with Gasteiger partial charge in [0.2, 0.25) is 0 Å². The summed E-state index contributed by atoms with van der Waals surface area (Å²) in [6.07, 6.45) is -4.71. The van der Waals surface area contributed by atoms with Crippen molar-refractivity contribution < 1.29 is 17.9 Å². The zero-order valence-electron chi connectivity index (χ0n) is 11.3. The summed E-state index contributed by atoms with van der Waals surface area (Å²) in [5, 5.41) is 0. The summed E-state index contributed by atoms with van der Waals surface area (Å²) in [6.45, 7) is 2.04. The van der Waals surface area contributed by atoms with Crippen molar-refractivity contribution in [2.24, 2.45) is 5.73 Å². The number of nitrogens with two attached hydrogens (primary N) is 1. The largest absolute Gasteiger partial charge is 0.573 e. The molecule has 0 atom stereocenters.